The second-order valence-electron chi connectivity index (χ2n) is 4.87. The van der Waals surface area contributed by atoms with E-state index in [1.807, 2.05) is 13.8 Å². The van der Waals surface area contributed by atoms with Gasteiger partial charge in [0.05, 0.1) is 14.2 Å². The number of rotatable bonds is 7. The zero-order valence-electron chi connectivity index (χ0n) is 12.5. The lowest BCUT2D eigenvalue weighted by molar-refractivity contribution is 0.0910. The molecule has 1 unspecified atom stereocenters. The van der Waals surface area contributed by atoms with Crippen molar-refractivity contribution in [3.05, 3.63) is 23.8 Å². The summed E-state index contributed by atoms with van der Waals surface area (Å²) < 4.78 is 10.4. The summed E-state index contributed by atoms with van der Waals surface area (Å²) in [6.45, 7) is 4.03. The van der Waals surface area contributed by atoms with Gasteiger partial charge in [-0.2, -0.15) is 0 Å². The molecule has 0 saturated heterocycles. The van der Waals surface area contributed by atoms with Crippen molar-refractivity contribution in [3.63, 3.8) is 0 Å². The van der Waals surface area contributed by atoms with Gasteiger partial charge in [0.1, 0.15) is 17.1 Å². The molecule has 5 nitrogen and oxygen atoms in total. The van der Waals surface area contributed by atoms with Crippen molar-refractivity contribution >= 4 is 5.91 Å². The molecule has 0 spiro atoms. The van der Waals surface area contributed by atoms with Crippen molar-refractivity contribution in [1.29, 1.82) is 0 Å². The minimum Gasteiger partial charge on any atom is -0.496 e. The Morgan fingerprint density at radius 3 is 2.20 bits per heavy atom. The van der Waals surface area contributed by atoms with Crippen LogP contribution in [0.2, 0.25) is 0 Å². The van der Waals surface area contributed by atoms with E-state index in [9.17, 15) is 4.79 Å². The lowest BCUT2D eigenvalue weighted by atomic mass is 10.0. The maximum absolute atomic E-state index is 12.4. The Labute approximate surface area is 119 Å². The number of hydrogen-bond donors (Lipinski definition) is 2. The molecule has 2 N–H and O–H groups in total. The predicted molar refractivity (Wildman–Crippen MR) is 77.3 cm³/mol. The minimum absolute atomic E-state index is 0.0339. The molecule has 0 fully saturated rings. The molecule has 20 heavy (non-hydrogen) atoms. The largest absolute Gasteiger partial charge is 0.496 e. The van der Waals surface area contributed by atoms with E-state index in [-0.39, 0.29) is 24.5 Å². The molecule has 0 aliphatic rings. The molecular formula is C15H23NO4. The van der Waals surface area contributed by atoms with E-state index >= 15 is 0 Å². The zero-order valence-corrected chi connectivity index (χ0v) is 12.5. The van der Waals surface area contributed by atoms with Crippen LogP contribution < -0.4 is 14.8 Å². The summed E-state index contributed by atoms with van der Waals surface area (Å²) in [7, 11) is 3.03. The third-order valence-electron chi connectivity index (χ3n) is 3.22. The van der Waals surface area contributed by atoms with E-state index in [1.54, 1.807) is 18.2 Å². The van der Waals surface area contributed by atoms with Crippen molar-refractivity contribution in [2.24, 2.45) is 5.92 Å². The quantitative estimate of drug-likeness (QED) is 0.800. The number of carbonyl (C=O) groups is 1. The molecule has 0 radical (unpaired) electrons. The number of carbonyl (C=O) groups excluding carboxylic acids is 1. The molecule has 1 aromatic rings. The first-order valence-electron chi connectivity index (χ1n) is 6.67. The van der Waals surface area contributed by atoms with Crippen LogP contribution in [0.25, 0.3) is 0 Å². The highest BCUT2D eigenvalue weighted by Gasteiger charge is 2.22. The third kappa shape index (κ3) is 3.87. The minimum atomic E-state index is -0.258. The van der Waals surface area contributed by atoms with Crippen molar-refractivity contribution in [1.82, 2.24) is 5.32 Å². The second-order valence-corrected chi connectivity index (χ2v) is 4.87. The molecule has 1 amide bonds. The van der Waals surface area contributed by atoms with Crippen molar-refractivity contribution in [2.75, 3.05) is 20.8 Å². The smallest absolute Gasteiger partial charge is 0.259 e. The lowest BCUT2D eigenvalue weighted by Crippen LogP contribution is -2.39. The Kier molecular flexibility index (Phi) is 6.31. The summed E-state index contributed by atoms with van der Waals surface area (Å²) in [6, 6.07) is 5.10. The van der Waals surface area contributed by atoms with E-state index in [0.29, 0.717) is 23.5 Å². The number of aliphatic hydroxyl groups is 1. The van der Waals surface area contributed by atoms with Crippen LogP contribution in [0, 0.1) is 5.92 Å². The Morgan fingerprint density at radius 1 is 1.25 bits per heavy atom. The van der Waals surface area contributed by atoms with E-state index in [2.05, 4.69) is 5.32 Å². The maximum Gasteiger partial charge on any atom is 0.259 e. The summed E-state index contributed by atoms with van der Waals surface area (Å²) in [5, 5.41) is 12.0. The van der Waals surface area contributed by atoms with Gasteiger partial charge in [-0.15, -0.1) is 0 Å². The molecule has 0 heterocycles. The summed E-state index contributed by atoms with van der Waals surface area (Å²) in [6.07, 6.45) is 0.515. The van der Waals surface area contributed by atoms with Crippen LogP contribution in [0.3, 0.4) is 0 Å². The second kappa shape index (κ2) is 7.75. The SMILES string of the molecule is COc1cccc(OC)c1C(=O)NC(CCO)C(C)C. The Balaban J connectivity index is 3.01. The van der Waals surface area contributed by atoms with Gasteiger partial charge in [0.2, 0.25) is 0 Å². The van der Waals surface area contributed by atoms with Gasteiger partial charge in [-0.3, -0.25) is 4.79 Å². The highest BCUT2D eigenvalue weighted by molar-refractivity contribution is 5.99. The monoisotopic (exact) mass is 281 g/mol. The molecule has 5 heteroatoms. The van der Waals surface area contributed by atoms with Gasteiger partial charge in [-0.1, -0.05) is 19.9 Å². The molecule has 1 rings (SSSR count). The maximum atomic E-state index is 12.4. The van der Waals surface area contributed by atoms with Crippen molar-refractivity contribution < 1.29 is 19.4 Å². The molecular weight excluding hydrogens is 258 g/mol. The number of aliphatic hydroxyl groups excluding tert-OH is 1. The molecule has 0 bridgehead atoms. The topological polar surface area (TPSA) is 67.8 Å². The van der Waals surface area contributed by atoms with Crippen LogP contribution in [0.1, 0.15) is 30.6 Å². The Bertz CT molecular complexity index is 423. The highest BCUT2D eigenvalue weighted by Crippen LogP contribution is 2.28. The van der Waals surface area contributed by atoms with E-state index in [4.69, 9.17) is 14.6 Å². The van der Waals surface area contributed by atoms with Gasteiger partial charge in [-0.25, -0.2) is 0 Å². The number of nitrogens with one attached hydrogen (secondary N) is 1. The predicted octanol–water partition coefficient (Wildman–Crippen LogP) is 1.84. The zero-order chi connectivity index (χ0) is 15.1. The number of methoxy groups -OCH3 is 2. The Morgan fingerprint density at radius 2 is 1.80 bits per heavy atom. The van der Waals surface area contributed by atoms with Gasteiger partial charge >= 0.3 is 0 Å². The number of hydrogen-bond acceptors (Lipinski definition) is 4. The summed E-state index contributed by atoms with van der Waals surface area (Å²) in [4.78, 5) is 12.4. The molecule has 0 saturated carbocycles. The first kappa shape index (κ1) is 16.3. The van der Waals surface area contributed by atoms with Gasteiger partial charge in [-0.05, 0) is 24.5 Å². The lowest BCUT2D eigenvalue weighted by Gasteiger charge is -2.22. The summed E-state index contributed by atoms with van der Waals surface area (Å²) >= 11 is 0. The van der Waals surface area contributed by atoms with E-state index < -0.39 is 0 Å². The number of benzene rings is 1. The van der Waals surface area contributed by atoms with Gasteiger partial charge in [0.25, 0.3) is 5.91 Å². The van der Waals surface area contributed by atoms with Crippen LogP contribution >= 0.6 is 0 Å². The molecule has 0 aliphatic carbocycles. The standard InChI is InChI=1S/C15H23NO4/c1-10(2)11(8-9-17)16-15(18)14-12(19-3)6-5-7-13(14)20-4/h5-7,10-11,17H,8-9H2,1-4H3,(H,16,18). The molecule has 1 aromatic carbocycles. The van der Waals surface area contributed by atoms with Crippen LogP contribution in [0.5, 0.6) is 11.5 Å². The number of amides is 1. The fourth-order valence-corrected chi connectivity index (χ4v) is 2.03. The van der Waals surface area contributed by atoms with Crippen LogP contribution in [0.4, 0.5) is 0 Å². The van der Waals surface area contributed by atoms with Crippen LogP contribution in [-0.4, -0.2) is 37.9 Å². The molecule has 0 aromatic heterocycles. The van der Waals surface area contributed by atoms with Crippen molar-refractivity contribution in [2.45, 2.75) is 26.3 Å². The molecule has 1 atom stereocenters. The first-order chi connectivity index (χ1) is 9.54. The van der Waals surface area contributed by atoms with Crippen LogP contribution in [-0.2, 0) is 0 Å². The van der Waals surface area contributed by atoms with Crippen molar-refractivity contribution in [3.8, 4) is 11.5 Å². The average Bonchev–Trinajstić information content (AvgIpc) is 2.45. The number of ether oxygens (including phenoxy) is 2. The van der Waals surface area contributed by atoms with E-state index in [0.717, 1.165) is 0 Å². The average molecular weight is 281 g/mol. The normalized spacial score (nSPS) is 12.1. The summed E-state index contributed by atoms with van der Waals surface area (Å²) in [5.74, 6) is 0.903. The van der Waals surface area contributed by atoms with Gasteiger partial charge in [0, 0.05) is 12.6 Å². The van der Waals surface area contributed by atoms with Gasteiger partial charge in [0.15, 0.2) is 0 Å². The Hall–Kier alpha value is -1.75. The first-order valence-corrected chi connectivity index (χ1v) is 6.67. The molecule has 0 aliphatic heterocycles. The molecule has 112 valence electrons. The van der Waals surface area contributed by atoms with E-state index in [1.165, 1.54) is 14.2 Å². The summed E-state index contributed by atoms with van der Waals surface area (Å²) in [5.41, 5.74) is 0.376. The third-order valence-corrected chi connectivity index (χ3v) is 3.22. The van der Waals surface area contributed by atoms with Crippen LogP contribution in [0.15, 0.2) is 18.2 Å². The highest BCUT2D eigenvalue weighted by atomic mass is 16.5. The fraction of sp³-hybridized carbons (Fsp3) is 0.533. The van der Waals surface area contributed by atoms with Gasteiger partial charge < -0.3 is 19.9 Å². The fourth-order valence-electron chi connectivity index (χ4n) is 2.03.